The van der Waals surface area contributed by atoms with Crippen LogP contribution in [0.5, 0.6) is 11.8 Å². The van der Waals surface area contributed by atoms with E-state index in [1.54, 1.807) is 62.4 Å². The van der Waals surface area contributed by atoms with Gasteiger partial charge in [-0.1, -0.05) is 298 Å². The molecule has 4 aromatic rings. The second-order valence-electron chi connectivity index (χ2n) is 32.0. The molecule has 2 aliphatic carbocycles. The van der Waals surface area contributed by atoms with Gasteiger partial charge in [0.05, 0.1) is 22.3 Å². The molecule has 0 saturated heterocycles. The second kappa shape index (κ2) is 47.6. The number of carbonyl (C=O) groups excluding carboxylic acids is 2. The largest absolute Gasteiger partial charge is 0.494 e. The van der Waals surface area contributed by atoms with Gasteiger partial charge in [-0.3, -0.25) is 18.7 Å². The van der Waals surface area contributed by atoms with Crippen molar-refractivity contribution in [2.24, 2.45) is 67.8 Å². The number of esters is 2. The summed E-state index contributed by atoms with van der Waals surface area (Å²) in [5.74, 6) is 2.34. The van der Waals surface area contributed by atoms with Gasteiger partial charge in [0, 0.05) is 24.2 Å². The molecule has 2 heterocycles. The van der Waals surface area contributed by atoms with Crippen molar-refractivity contribution in [1.82, 2.24) is 9.13 Å². The number of aromatic nitrogens is 2. The highest BCUT2D eigenvalue weighted by molar-refractivity contribution is 5.95. The van der Waals surface area contributed by atoms with Gasteiger partial charge in [-0.05, 0) is 124 Å². The Bertz CT molecular complexity index is 3270. The lowest BCUT2D eigenvalue weighted by atomic mass is 9.75. The summed E-state index contributed by atoms with van der Waals surface area (Å²) in [4.78, 5) is 55.4. The number of unbranched alkanes of at least 4 members (excludes halogenated alkanes) is 26. The lowest BCUT2D eigenvalue weighted by Crippen LogP contribution is -2.35. The Balaban J connectivity index is 0.969. The number of pyridine rings is 2. The molecule has 2 saturated carbocycles. The van der Waals surface area contributed by atoms with Crippen molar-refractivity contribution in [2.75, 3.05) is 0 Å². The molecule has 8 atom stereocenters. The highest BCUT2D eigenvalue weighted by Crippen LogP contribution is 2.40. The molecule has 2 N–H and O–H groups in total. The summed E-state index contributed by atoms with van der Waals surface area (Å²) in [5, 5.41) is 60.2. The van der Waals surface area contributed by atoms with Crippen molar-refractivity contribution < 1.29 is 29.3 Å². The van der Waals surface area contributed by atoms with Crippen molar-refractivity contribution in [3.63, 3.8) is 0 Å². The Morgan fingerprint density at radius 3 is 1.07 bits per heavy atom. The average Bonchev–Trinajstić information content (AvgIpc) is 0.790. The molecule has 8 unspecified atom stereocenters. The first-order valence-corrected chi connectivity index (χ1v) is 41.5. The molecular weight excluding hydrogens is 1300 g/mol. The fraction of sp³-hybridized carbons (Fsp3) is 0.705. The van der Waals surface area contributed by atoms with Crippen LogP contribution in [-0.4, -0.2) is 43.5 Å². The number of rotatable bonds is 49. The molecule has 0 aliphatic heterocycles. The zero-order valence-corrected chi connectivity index (χ0v) is 66.0. The molecule has 2 aliphatic rings. The first kappa shape index (κ1) is 86.0. The maximum Gasteiger partial charge on any atom is 0.340 e. The predicted octanol–water partition coefficient (Wildman–Crippen LogP) is 25.1. The van der Waals surface area contributed by atoms with Crippen LogP contribution in [0.25, 0.3) is 0 Å². The Hall–Kier alpha value is -6.94. The zero-order valence-electron chi connectivity index (χ0n) is 66.0. The molecule has 2 aromatic heterocycles. The van der Waals surface area contributed by atoms with Gasteiger partial charge in [-0.15, -0.1) is 20.5 Å². The smallest absolute Gasteiger partial charge is 0.340 e. The van der Waals surface area contributed by atoms with Gasteiger partial charge in [0.2, 0.25) is 0 Å². The zero-order chi connectivity index (χ0) is 75.2. The number of carbonyl (C=O) groups is 2. The van der Waals surface area contributed by atoms with E-state index < -0.39 is 23.1 Å². The van der Waals surface area contributed by atoms with Crippen molar-refractivity contribution in [1.29, 1.82) is 10.5 Å². The second-order valence-corrected chi connectivity index (χ2v) is 32.0. The highest BCUT2D eigenvalue weighted by Gasteiger charge is 2.36. The van der Waals surface area contributed by atoms with Crippen molar-refractivity contribution in [3.8, 4) is 23.9 Å². The Morgan fingerprint density at radius 1 is 0.462 bits per heavy atom. The third-order valence-electron chi connectivity index (χ3n) is 23.2. The minimum atomic E-state index is -0.583. The Morgan fingerprint density at radius 2 is 0.760 bits per heavy atom. The molecular formula is C88H134N8O8. The van der Waals surface area contributed by atoms with Crippen LogP contribution in [0, 0.1) is 83.9 Å². The van der Waals surface area contributed by atoms with Crippen molar-refractivity contribution >= 4 is 34.7 Å². The minimum absolute atomic E-state index is 0.0353. The lowest BCUT2D eigenvalue weighted by Gasteiger charge is -2.36. The monoisotopic (exact) mass is 1430 g/mol. The molecule has 0 bridgehead atoms. The van der Waals surface area contributed by atoms with Crippen LogP contribution in [0.4, 0.5) is 22.7 Å². The van der Waals surface area contributed by atoms with Crippen LogP contribution in [0.1, 0.15) is 355 Å². The number of aromatic hydroxyl groups is 2. The third kappa shape index (κ3) is 27.4. The van der Waals surface area contributed by atoms with Crippen LogP contribution in [0.15, 0.2) is 78.6 Å². The van der Waals surface area contributed by atoms with Crippen molar-refractivity contribution in [3.05, 3.63) is 103 Å². The van der Waals surface area contributed by atoms with Crippen LogP contribution < -0.4 is 11.1 Å². The van der Waals surface area contributed by atoms with Crippen LogP contribution in [-0.2, 0) is 22.6 Å². The van der Waals surface area contributed by atoms with Gasteiger partial charge in [-0.25, -0.2) is 9.59 Å². The molecule has 6 rings (SSSR count). The van der Waals surface area contributed by atoms with Crippen LogP contribution in [0.3, 0.4) is 0 Å². The number of hydrogen-bond donors (Lipinski definition) is 2. The maximum atomic E-state index is 14.0. The molecule has 104 heavy (non-hydrogen) atoms. The molecule has 0 spiro atoms. The van der Waals surface area contributed by atoms with E-state index >= 15 is 0 Å². The number of hydrogen-bond acceptors (Lipinski definition) is 14. The van der Waals surface area contributed by atoms with Gasteiger partial charge in [0.1, 0.15) is 35.7 Å². The van der Waals surface area contributed by atoms with E-state index in [0.717, 1.165) is 88.9 Å². The maximum absolute atomic E-state index is 14.0. The summed E-state index contributed by atoms with van der Waals surface area (Å²) in [6, 6.07) is 17.8. The molecule has 574 valence electrons. The van der Waals surface area contributed by atoms with Gasteiger partial charge >= 0.3 is 11.9 Å². The fourth-order valence-corrected chi connectivity index (χ4v) is 16.5. The number of azo groups is 2. The van der Waals surface area contributed by atoms with Crippen LogP contribution in [0.2, 0.25) is 0 Å². The van der Waals surface area contributed by atoms with E-state index in [2.05, 4.69) is 88.0 Å². The summed E-state index contributed by atoms with van der Waals surface area (Å²) in [6.45, 7) is 21.5. The van der Waals surface area contributed by atoms with E-state index in [1.807, 2.05) is 0 Å². The van der Waals surface area contributed by atoms with E-state index in [1.165, 1.54) is 176 Å². The van der Waals surface area contributed by atoms with Gasteiger partial charge < -0.3 is 19.7 Å². The summed E-state index contributed by atoms with van der Waals surface area (Å²) >= 11 is 0. The molecule has 16 heteroatoms. The number of ether oxygens (including phenoxy) is 2. The minimum Gasteiger partial charge on any atom is -0.494 e. The van der Waals surface area contributed by atoms with Gasteiger partial charge in [-0.2, -0.15) is 10.5 Å². The standard InChI is InChI=1S/C88H134N8O8/c1-11-13-15-17-23-29-35-45-69(47-37-31-25-19-21-27-33-43-57-95-83(97)67(9)75(61-89)81(85(95)99)93-91-77-51-41-39-49-73(77)87(101)103-79-59-65(7)53-55-71(79)63(3)4)70(46-36-30-24-18-16-14-12-2)48-38-32-26-20-22-28-34-44-58-96-84(98)68(10)76(62-90)82(86(96)100)94-92-78-52-42-40-50-74(78)88(102)104-80-60-66(8)54-56-72(80)64(5)6/h39-42,49-52,63-66,69-72,79-80,97-98H,11-38,43-48,53-60H2,1-10H3. The first-order valence-electron chi connectivity index (χ1n) is 41.5. The SMILES string of the molecule is CCCCCCCCCC(CCCCCCCCCCn1c(O)c(C)c(C#N)c(N=Nc2ccccc2C(=O)OC2CC(C)CCC2C(C)C)c1=O)C(CCCCCCCCC)CCCCCCCCCCn1c(O)c(C)c(C#N)c(N=Nc2ccccc2C(=O)OC2CC(C)CCC2C(C)C)c1=O. The van der Waals surface area contributed by atoms with Crippen molar-refractivity contribution in [2.45, 2.75) is 351 Å². The fourth-order valence-electron chi connectivity index (χ4n) is 16.5. The summed E-state index contributed by atoms with van der Waals surface area (Å²) in [5.41, 5.74) is -0.00949. The normalized spacial score (nSPS) is 18.3. The summed E-state index contributed by atoms with van der Waals surface area (Å²) < 4.78 is 14.9. The molecule has 2 aromatic carbocycles. The number of nitrogens with zero attached hydrogens (tertiary/aromatic N) is 8. The molecule has 16 nitrogen and oxygen atoms in total. The number of nitriles is 2. The third-order valence-corrected chi connectivity index (χ3v) is 23.2. The Labute approximate surface area is 626 Å². The molecule has 0 amide bonds. The highest BCUT2D eigenvalue weighted by atomic mass is 16.5. The molecule has 0 radical (unpaired) electrons. The Kier molecular flexibility index (Phi) is 39.3. The number of benzene rings is 2. The van der Waals surface area contributed by atoms with Gasteiger partial charge in [0.25, 0.3) is 11.1 Å². The summed E-state index contributed by atoms with van der Waals surface area (Å²) in [6.07, 6.45) is 46.9. The quantitative estimate of drug-likeness (QED) is 0.0241. The van der Waals surface area contributed by atoms with E-state index in [-0.39, 0.29) is 91.9 Å². The lowest BCUT2D eigenvalue weighted by molar-refractivity contribution is -0.0181. The van der Waals surface area contributed by atoms with E-state index in [0.29, 0.717) is 49.6 Å². The van der Waals surface area contributed by atoms with Crippen LogP contribution >= 0.6 is 0 Å². The first-order chi connectivity index (χ1) is 50.3. The topological polar surface area (TPSA) is 234 Å². The summed E-state index contributed by atoms with van der Waals surface area (Å²) in [7, 11) is 0. The van der Waals surface area contributed by atoms with Gasteiger partial charge in [0.15, 0.2) is 23.1 Å². The average molecular weight is 1430 g/mol. The van der Waals surface area contributed by atoms with E-state index in [4.69, 9.17) is 9.47 Å². The van der Waals surface area contributed by atoms with E-state index in [9.17, 15) is 39.9 Å². The molecule has 2 fully saturated rings. The predicted molar refractivity (Wildman–Crippen MR) is 421 cm³/mol.